The zero-order valence-corrected chi connectivity index (χ0v) is 22.2. The highest BCUT2D eigenvalue weighted by Gasteiger charge is 2.39. The minimum atomic E-state index is 0.0299. The van der Waals surface area contributed by atoms with Crippen molar-refractivity contribution in [2.45, 2.75) is 77.3 Å². The number of carbonyl (C=O) groups excluding carboxylic acids is 1. The highest BCUT2D eigenvalue weighted by atomic mass is 16.2. The first-order valence-electron chi connectivity index (χ1n) is 14.1. The van der Waals surface area contributed by atoms with E-state index in [1.807, 2.05) is 47.5 Å². The van der Waals surface area contributed by atoms with Crippen molar-refractivity contribution >= 4 is 22.5 Å². The van der Waals surface area contributed by atoms with Crippen molar-refractivity contribution in [2.24, 2.45) is 5.92 Å². The molecule has 1 aliphatic carbocycles. The first-order valence-corrected chi connectivity index (χ1v) is 14.1. The summed E-state index contributed by atoms with van der Waals surface area (Å²) < 4.78 is 2.13. The van der Waals surface area contributed by atoms with Crippen molar-refractivity contribution in [3.05, 3.63) is 96.2 Å². The predicted octanol–water partition coefficient (Wildman–Crippen LogP) is 8.76. The molecule has 5 rings (SSSR count). The second kappa shape index (κ2) is 11.8. The minimum Gasteiger partial charge on any atom is -0.301 e. The van der Waals surface area contributed by atoms with Gasteiger partial charge >= 0.3 is 0 Å². The number of rotatable bonds is 12. The molecule has 1 heterocycles. The van der Waals surface area contributed by atoms with E-state index in [0.717, 1.165) is 35.9 Å². The molecule has 0 spiro atoms. The van der Waals surface area contributed by atoms with Crippen molar-refractivity contribution in [2.75, 3.05) is 4.90 Å². The van der Waals surface area contributed by atoms with E-state index in [9.17, 15) is 4.79 Å². The molecule has 4 heteroatoms. The molecule has 4 nitrogen and oxygen atoms in total. The number of anilines is 1. The summed E-state index contributed by atoms with van der Waals surface area (Å²) in [4.78, 5) is 16.2. The topological polar surface area (TPSA) is 38.1 Å². The molecular formula is C33H39N3O. The summed E-state index contributed by atoms with van der Waals surface area (Å²) in [5, 5.41) is 5.75. The van der Waals surface area contributed by atoms with E-state index < -0.39 is 0 Å². The van der Waals surface area contributed by atoms with Crippen LogP contribution >= 0.6 is 0 Å². The van der Waals surface area contributed by atoms with Gasteiger partial charge in [0.2, 0.25) is 0 Å². The summed E-state index contributed by atoms with van der Waals surface area (Å²) in [6.45, 7) is 4.51. The predicted molar refractivity (Wildman–Crippen MR) is 153 cm³/mol. The highest BCUT2D eigenvalue weighted by molar-refractivity contribution is 6.08. The summed E-state index contributed by atoms with van der Waals surface area (Å²) in [5.41, 5.74) is 3.96. The van der Waals surface area contributed by atoms with Gasteiger partial charge in [-0.2, -0.15) is 5.10 Å². The molecule has 2 unspecified atom stereocenters. The molecule has 4 aromatic rings. The minimum absolute atomic E-state index is 0.0299. The number of aromatic nitrogens is 2. The maximum atomic E-state index is 14.2. The smallest absolute Gasteiger partial charge is 0.258 e. The lowest BCUT2D eigenvalue weighted by molar-refractivity contribution is 0.0973. The summed E-state index contributed by atoms with van der Waals surface area (Å²) in [6.07, 6.45) is 11.8. The summed E-state index contributed by atoms with van der Waals surface area (Å²) in [7, 11) is 0. The SMILES string of the molecule is CCCCCCCC(C)n1ncc2cc(C(=O)N(c3ccccc3)C(c3ccccc3)C3CC3)ccc21. The number of nitrogens with zero attached hydrogens (tertiary/aromatic N) is 3. The number of carbonyl (C=O) groups is 1. The lowest BCUT2D eigenvalue weighted by Gasteiger charge is -2.33. The molecule has 192 valence electrons. The summed E-state index contributed by atoms with van der Waals surface area (Å²) in [5.74, 6) is 0.529. The molecule has 0 saturated heterocycles. The van der Waals surface area contributed by atoms with Gasteiger partial charge in [-0.1, -0.05) is 87.6 Å². The molecule has 3 aromatic carbocycles. The fourth-order valence-corrected chi connectivity index (χ4v) is 5.53. The van der Waals surface area contributed by atoms with Gasteiger partial charge in [-0.25, -0.2) is 0 Å². The number of benzene rings is 3. The summed E-state index contributed by atoms with van der Waals surface area (Å²) >= 11 is 0. The molecular weight excluding hydrogens is 454 g/mol. The maximum Gasteiger partial charge on any atom is 0.258 e. The second-order valence-corrected chi connectivity index (χ2v) is 10.6. The monoisotopic (exact) mass is 493 g/mol. The third-order valence-electron chi connectivity index (χ3n) is 7.73. The van der Waals surface area contributed by atoms with Crippen molar-refractivity contribution in [3.63, 3.8) is 0 Å². The van der Waals surface area contributed by atoms with Gasteiger partial charge in [-0.05, 0) is 68.0 Å². The van der Waals surface area contributed by atoms with Crippen LogP contribution in [0.5, 0.6) is 0 Å². The van der Waals surface area contributed by atoms with E-state index in [-0.39, 0.29) is 11.9 Å². The fraction of sp³-hybridized carbons (Fsp3) is 0.394. The Morgan fingerprint density at radius 2 is 1.65 bits per heavy atom. The van der Waals surface area contributed by atoms with Crippen LogP contribution in [0.1, 0.15) is 93.2 Å². The number of hydrogen-bond donors (Lipinski definition) is 0. The average molecular weight is 494 g/mol. The zero-order chi connectivity index (χ0) is 25.6. The maximum absolute atomic E-state index is 14.2. The van der Waals surface area contributed by atoms with Crippen molar-refractivity contribution < 1.29 is 4.79 Å². The van der Waals surface area contributed by atoms with Crippen LogP contribution in [0.4, 0.5) is 5.69 Å². The van der Waals surface area contributed by atoms with Gasteiger partial charge in [0.1, 0.15) is 0 Å². The molecule has 1 aromatic heterocycles. The van der Waals surface area contributed by atoms with E-state index in [1.54, 1.807) is 0 Å². The molecule has 0 radical (unpaired) electrons. The number of para-hydroxylation sites is 1. The molecule has 0 aliphatic heterocycles. The first-order chi connectivity index (χ1) is 18.2. The van der Waals surface area contributed by atoms with Gasteiger partial charge in [0, 0.05) is 22.7 Å². The fourth-order valence-electron chi connectivity index (χ4n) is 5.53. The third-order valence-corrected chi connectivity index (χ3v) is 7.73. The largest absolute Gasteiger partial charge is 0.301 e. The molecule has 1 aliphatic rings. The Morgan fingerprint density at radius 3 is 2.35 bits per heavy atom. The normalized spacial score (nSPS) is 15.0. The quantitative estimate of drug-likeness (QED) is 0.185. The summed E-state index contributed by atoms with van der Waals surface area (Å²) in [6, 6.07) is 27.1. The van der Waals surface area contributed by atoms with Crippen LogP contribution in [0.25, 0.3) is 10.9 Å². The molecule has 37 heavy (non-hydrogen) atoms. The molecule has 1 saturated carbocycles. The standard InChI is InChI=1S/C33H39N3O/c1-3-4-5-6-9-14-25(2)36-31-22-21-28(23-29(31)24-34-36)33(37)35(30-17-12-8-13-18-30)32(27-19-20-27)26-15-10-7-11-16-26/h7-8,10-13,15-18,21-25,27,32H,3-6,9,14,19-20H2,1-2H3. The highest BCUT2D eigenvalue weighted by Crippen LogP contribution is 2.46. The second-order valence-electron chi connectivity index (χ2n) is 10.6. The van der Waals surface area contributed by atoms with E-state index in [0.29, 0.717) is 17.5 Å². The number of fused-ring (bicyclic) bond motifs is 1. The van der Waals surface area contributed by atoms with Crippen LogP contribution in [-0.2, 0) is 0 Å². The lowest BCUT2D eigenvalue weighted by atomic mass is 9.98. The molecule has 0 N–H and O–H groups in total. The van der Waals surface area contributed by atoms with Crippen LogP contribution in [0, 0.1) is 5.92 Å². The third kappa shape index (κ3) is 5.79. The Kier molecular flexibility index (Phi) is 8.03. The number of hydrogen-bond acceptors (Lipinski definition) is 2. The Hall–Kier alpha value is -3.40. The first kappa shape index (κ1) is 25.3. The van der Waals surface area contributed by atoms with Crippen molar-refractivity contribution in [1.29, 1.82) is 0 Å². The van der Waals surface area contributed by atoms with Crippen molar-refractivity contribution in [1.82, 2.24) is 9.78 Å². The molecule has 0 bridgehead atoms. The molecule has 1 fully saturated rings. The molecule has 1 amide bonds. The van der Waals surface area contributed by atoms with Gasteiger partial charge in [0.25, 0.3) is 5.91 Å². The van der Waals surface area contributed by atoms with Crippen LogP contribution in [-0.4, -0.2) is 15.7 Å². The molecule has 2 atom stereocenters. The number of amides is 1. The van der Waals surface area contributed by atoms with E-state index >= 15 is 0 Å². The van der Waals surface area contributed by atoms with Gasteiger partial charge in [0.15, 0.2) is 0 Å². The Morgan fingerprint density at radius 1 is 0.946 bits per heavy atom. The van der Waals surface area contributed by atoms with Crippen LogP contribution in [0.15, 0.2) is 85.1 Å². The van der Waals surface area contributed by atoms with E-state index in [4.69, 9.17) is 5.10 Å². The van der Waals surface area contributed by atoms with Crippen molar-refractivity contribution in [3.8, 4) is 0 Å². The van der Waals surface area contributed by atoms with Crippen LogP contribution in [0.2, 0.25) is 0 Å². The van der Waals surface area contributed by atoms with Gasteiger partial charge in [-0.3, -0.25) is 9.48 Å². The van der Waals surface area contributed by atoms with Crippen LogP contribution in [0.3, 0.4) is 0 Å². The lowest BCUT2D eigenvalue weighted by Crippen LogP contribution is -2.36. The Balaban J connectivity index is 1.42. The van der Waals surface area contributed by atoms with Gasteiger partial charge in [0.05, 0.1) is 17.8 Å². The Labute approximate surface area is 221 Å². The number of unbranched alkanes of at least 4 members (excludes halogenated alkanes) is 4. The average Bonchev–Trinajstić information content (AvgIpc) is 3.69. The van der Waals surface area contributed by atoms with Gasteiger partial charge < -0.3 is 4.90 Å². The van der Waals surface area contributed by atoms with E-state index in [1.165, 1.54) is 37.7 Å². The van der Waals surface area contributed by atoms with E-state index in [2.05, 4.69) is 61.0 Å². The van der Waals surface area contributed by atoms with Gasteiger partial charge in [-0.15, -0.1) is 0 Å². The Bertz CT molecular complexity index is 1290. The zero-order valence-electron chi connectivity index (χ0n) is 22.2. The van der Waals surface area contributed by atoms with Crippen LogP contribution < -0.4 is 4.90 Å².